The molecule has 174 valence electrons. The Labute approximate surface area is 191 Å². The summed E-state index contributed by atoms with van der Waals surface area (Å²) in [4.78, 5) is 15.9. The van der Waals surface area contributed by atoms with Gasteiger partial charge in [-0.15, -0.1) is 0 Å². The van der Waals surface area contributed by atoms with Crippen LogP contribution in [-0.4, -0.2) is 30.1 Å². The van der Waals surface area contributed by atoms with Gasteiger partial charge in [-0.1, -0.05) is 19.4 Å². The summed E-state index contributed by atoms with van der Waals surface area (Å²) in [6.45, 7) is 7.67. The molecule has 0 bridgehead atoms. The number of hydrogen-bond donors (Lipinski definition) is 0. The number of ketones is 1. The van der Waals surface area contributed by atoms with Gasteiger partial charge in [0.1, 0.15) is 17.0 Å². The average molecular weight is 440 g/mol. The van der Waals surface area contributed by atoms with E-state index in [9.17, 15) is 4.79 Å². The van der Waals surface area contributed by atoms with Crippen LogP contribution < -0.4 is 4.74 Å². The molecule has 5 nitrogen and oxygen atoms in total. The van der Waals surface area contributed by atoms with Crippen molar-refractivity contribution in [2.24, 2.45) is 17.8 Å². The van der Waals surface area contributed by atoms with E-state index in [1.54, 1.807) is 6.92 Å². The molecule has 1 aromatic heterocycles. The van der Waals surface area contributed by atoms with Crippen LogP contribution >= 0.6 is 0 Å². The second kappa shape index (κ2) is 10.7. The minimum absolute atomic E-state index is 0.254. The van der Waals surface area contributed by atoms with Crippen LogP contribution in [-0.2, 0) is 9.53 Å². The molecule has 2 aromatic rings. The molecule has 0 amide bonds. The van der Waals surface area contributed by atoms with Gasteiger partial charge in [0.2, 0.25) is 5.89 Å². The van der Waals surface area contributed by atoms with E-state index < -0.39 is 0 Å². The molecule has 0 saturated heterocycles. The van der Waals surface area contributed by atoms with Crippen LogP contribution in [0.3, 0.4) is 0 Å². The summed E-state index contributed by atoms with van der Waals surface area (Å²) in [6.07, 6.45) is 10.8. The Bertz CT molecular complexity index is 942. The molecule has 32 heavy (non-hydrogen) atoms. The fraction of sp³-hybridized carbons (Fsp3) is 0.630. The smallest absolute Gasteiger partial charge is 0.219 e. The summed E-state index contributed by atoms with van der Waals surface area (Å²) in [5.74, 6) is 3.48. The SMILES string of the molecule is CC(=O)CCC(C)C(C)COC1CCCC(=Cc2nc3ccc(OCC4CC4)cc3o2)C1. The van der Waals surface area contributed by atoms with Crippen molar-refractivity contribution in [3.05, 3.63) is 29.7 Å². The summed E-state index contributed by atoms with van der Waals surface area (Å²) < 4.78 is 18.1. The van der Waals surface area contributed by atoms with Gasteiger partial charge in [-0.05, 0) is 87.8 Å². The summed E-state index contributed by atoms with van der Waals surface area (Å²) in [5.41, 5.74) is 2.99. The minimum atomic E-state index is 0.254. The van der Waals surface area contributed by atoms with Crippen LogP contribution in [0.25, 0.3) is 17.2 Å². The summed E-state index contributed by atoms with van der Waals surface area (Å²) >= 11 is 0. The number of oxazole rings is 1. The van der Waals surface area contributed by atoms with Crippen molar-refractivity contribution in [2.75, 3.05) is 13.2 Å². The lowest BCUT2D eigenvalue weighted by molar-refractivity contribution is -0.117. The van der Waals surface area contributed by atoms with Crippen molar-refractivity contribution < 1.29 is 18.7 Å². The van der Waals surface area contributed by atoms with E-state index >= 15 is 0 Å². The molecule has 4 rings (SSSR count). The molecule has 2 aliphatic carbocycles. The predicted molar refractivity (Wildman–Crippen MR) is 127 cm³/mol. The Morgan fingerprint density at radius 3 is 2.88 bits per heavy atom. The maximum Gasteiger partial charge on any atom is 0.219 e. The number of hydrogen-bond acceptors (Lipinski definition) is 5. The van der Waals surface area contributed by atoms with Crippen molar-refractivity contribution in [3.8, 4) is 5.75 Å². The molecular formula is C27H37NO4. The third kappa shape index (κ3) is 6.68. The van der Waals surface area contributed by atoms with E-state index in [4.69, 9.17) is 13.9 Å². The zero-order valence-corrected chi connectivity index (χ0v) is 19.8. The standard InChI is InChI=1S/C27H37NO4/c1-18(7-8-20(3)29)19(2)16-30-23-6-4-5-22(13-23)14-27-28-25-12-11-24(15-26(25)32-27)31-17-21-9-10-21/h11-12,14-15,18-19,21,23H,4-10,13,16-17H2,1-3H3. The second-order valence-corrected chi connectivity index (χ2v) is 9.99. The second-order valence-electron chi connectivity index (χ2n) is 9.99. The van der Waals surface area contributed by atoms with Crippen molar-refractivity contribution in [3.63, 3.8) is 0 Å². The summed E-state index contributed by atoms with van der Waals surface area (Å²) in [5, 5.41) is 0. The number of Topliss-reactive ketones (excluding diaryl/α,β-unsaturated/α-hetero) is 1. The Morgan fingerprint density at radius 2 is 2.09 bits per heavy atom. The molecule has 3 atom stereocenters. The monoisotopic (exact) mass is 439 g/mol. The highest BCUT2D eigenvalue weighted by molar-refractivity contribution is 5.76. The first-order chi connectivity index (χ1) is 15.5. The number of benzene rings is 1. The number of aromatic nitrogens is 1. The molecule has 2 fully saturated rings. The molecule has 1 aromatic carbocycles. The predicted octanol–water partition coefficient (Wildman–Crippen LogP) is 6.60. The first kappa shape index (κ1) is 23.0. The summed E-state index contributed by atoms with van der Waals surface area (Å²) in [7, 11) is 0. The van der Waals surface area contributed by atoms with Gasteiger partial charge >= 0.3 is 0 Å². The van der Waals surface area contributed by atoms with Gasteiger partial charge in [-0.2, -0.15) is 0 Å². The maximum absolute atomic E-state index is 11.2. The van der Waals surface area contributed by atoms with Crippen LogP contribution in [0.1, 0.15) is 78.0 Å². The number of ether oxygens (including phenoxy) is 2. The quantitative estimate of drug-likeness (QED) is 0.395. The Balaban J connectivity index is 1.30. The number of fused-ring (bicyclic) bond motifs is 1. The molecule has 3 unspecified atom stereocenters. The van der Waals surface area contributed by atoms with E-state index in [2.05, 4.69) is 24.9 Å². The van der Waals surface area contributed by atoms with E-state index in [0.717, 1.165) is 68.1 Å². The van der Waals surface area contributed by atoms with Crippen molar-refractivity contribution >= 4 is 23.0 Å². The van der Waals surface area contributed by atoms with Crippen molar-refractivity contribution in [2.45, 2.75) is 78.2 Å². The van der Waals surface area contributed by atoms with Gasteiger partial charge in [0, 0.05) is 19.1 Å². The fourth-order valence-corrected chi connectivity index (χ4v) is 4.24. The van der Waals surface area contributed by atoms with E-state index in [0.29, 0.717) is 24.1 Å². The van der Waals surface area contributed by atoms with Crippen LogP contribution in [0.4, 0.5) is 0 Å². The molecular weight excluding hydrogens is 402 g/mol. The van der Waals surface area contributed by atoms with Gasteiger partial charge in [-0.3, -0.25) is 0 Å². The lowest BCUT2D eigenvalue weighted by Crippen LogP contribution is -2.23. The molecule has 2 aliphatic rings. The number of carbonyl (C=O) groups is 1. The Kier molecular flexibility index (Phi) is 7.67. The fourth-order valence-electron chi connectivity index (χ4n) is 4.24. The highest BCUT2D eigenvalue weighted by Crippen LogP contribution is 2.32. The van der Waals surface area contributed by atoms with Gasteiger partial charge < -0.3 is 18.7 Å². The van der Waals surface area contributed by atoms with E-state index in [1.165, 1.54) is 18.4 Å². The topological polar surface area (TPSA) is 61.6 Å². The third-order valence-corrected chi connectivity index (χ3v) is 6.92. The van der Waals surface area contributed by atoms with Crippen LogP contribution in [0.2, 0.25) is 0 Å². The summed E-state index contributed by atoms with van der Waals surface area (Å²) in [6, 6.07) is 5.91. The zero-order valence-electron chi connectivity index (χ0n) is 19.8. The molecule has 1 heterocycles. The minimum Gasteiger partial charge on any atom is -0.493 e. The largest absolute Gasteiger partial charge is 0.493 e. The van der Waals surface area contributed by atoms with E-state index in [1.807, 2.05) is 18.2 Å². The Hall–Kier alpha value is -2.14. The molecule has 0 aliphatic heterocycles. The van der Waals surface area contributed by atoms with Gasteiger partial charge in [0.25, 0.3) is 0 Å². The number of rotatable bonds is 11. The first-order valence-corrected chi connectivity index (χ1v) is 12.3. The van der Waals surface area contributed by atoms with Crippen LogP contribution in [0.15, 0.2) is 28.2 Å². The van der Waals surface area contributed by atoms with Gasteiger partial charge in [-0.25, -0.2) is 4.98 Å². The third-order valence-electron chi connectivity index (χ3n) is 6.92. The van der Waals surface area contributed by atoms with Crippen molar-refractivity contribution in [1.29, 1.82) is 0 Å². The Morgan fingerprint density at radius 1 is 1.25 bits per heavy atom. The molecule has 0 spiro atoms. The molecule has 0 radical (unpaired) electrons. The normalized spacial score (nSPS) is 22.2. The van der Waals surface area contributed by atoms with Crippen LogP contribution in [0, 0.1) is 17.8 Å². The number of carbonyl (C=O) groups excluding carboxylic acids is 1. The van der Waals surface area contributed by atoms with Gasteiger partial charge in [0.15, 0.2) is 5.58 Å². The highest BCUT2D eigenvalue weighted by Gasteiger charge is 2.23. The molecule has 0 N–H and O–H groups in total. The lowest BCUT2D eigenvalue weighted by Gasteiger charge is -2.27. The maximum atomic E-state index is 11.2. The highest BCUT2D eigenvalue weighted by atomic mass is 16.5. The number of nitrogens with zero attached hydrogens (tertiary/aromatic N) is 1. The zero-order chi connectivity index (χ0) is 22.5. The lowest BCUT2D eigenvalue weighted by atomic mass is 9.90. The molecule has 2 saturated carbocycles. The average Bonchev–Trinajstić information content (AvgIpc) is 3.52. The van der Waals surface area contributed by atoms with Crippen LogP contribution in [0.5, 0.6) is 5.75 Å². The van der Waals surface area contributed by atoms with Crippen molar-refractivity contribution in [1.82, 2.24) is 4.98 Å². The first-order valence-electron chi connectivity index (χ1n) is 12.3. The molecule has 5 heteroatoms. The van der Waals surface area contributed by atoms with E-state index in [-0.39, 0.29) is 11.9 Å². The van der Waals surface area contributed by atoms with Gasteiger partial charge in [0.05, 0.1) is 12.7 Å².